The van der Waals surface area contributed by atoms with Crippen LogP contribution in [-0.4, -0.2) is 30.6 Å². The molecule has 0 aromatic heterocycles. The molecule has 2 unspecified atom stereocenters. The van der Waals surface area contributed by atoms with Gasteiger partial charge >= 0.3 is 0 Å². The predicted molar refractivity (Wildman–Crippen MR) is 80.5 cm³/mol. The number of likely N-dealkylation sites (tertiary alicyclic amines) is 1. The average molecular weight is 261 g/mol. The zero-order chi connectivity index (χ0) is 13.8. The van der Waals surface area contributed by atoms with E-state index in [1.807, 2.05) is 30.3 Å². The van der Waals surface area contributed by atoms with E-state index < -0.39 is 0 Å². The van der Waals surface area contributed by atoms with Crippen LogP contribution in [0, 0.1) is 17.8 Å². The number of rotatable bonds is 5. The van der Waals surface area contributed by atoms with Gasteiger partial charge in [-0.25, -0.2) is 0 Å². The van der Waals surface area contributed by atoms with Gasteiger partial charge in [-0.05, 0) is 37.8 Å². The van der Waals surface area contributed by atoms with Crippen LogP contribution < -0.4 is 4.74 Å². The molecule has 0 N–H and O–H groups in total. The van der Waals surface area contributed by atoms with Crippen LogP contribution in [0.3, 0.4) is 0 Å². The number of nitrogens with zero attached hydrogens (tertiary/aromatic N) is 1. The molecule has 2 atom stereocenters. The van der Waals surface area contributed by atoms with E-state index in [4.69, 9.17) is 4.74 Å². The van der Waals surface area contributed by atoms with Gasteiger partial charge in [-0.2, -0.15) is 0 Å². The maximum absolute atomic E-state index is 5.97. The van der Waals surface area contributed by atoms with Crippen LogP contribution in [0.25, 0.3) is 0 Å². The fraction of sp³-hybridized carbons (Fsp3) is 0.647. The van der Waals surface area contributed by atoms with Gasteiger partial charge in [-0.1, -0.05) is 32.0 Å². The van der Waals surface area contributed by atoms with Gasteiger partial charge in [-0.3, -0.25) is 0 Å². The molecule has 19 heavy (non-hydrogen) atoms. The molecule has 0 bridgehead atoms. The van der Waals surface area contributed by atoms with Crippen molar-refractivity contribution < 1.29 is 4.74 Å². The first kappa shape index (κ1) is 14.4. The summed E-state index contributed by atoms with van der Waals surface area (Å²) in [4.78, 5) is 2.59. The second kappa shape index (κ2) is 6.42. The maximum atomic E-state index is 5.97. The van der Waals surface area contributed by atoms with Gasteiger partial charge in [0.25, 0.3) is 0 Å². The Hall–Kier alpha value is -1.02. The fourth-order valence-electron chi connectivity index (χ4n) is 3.00. The van der Waals surface area contributed by atoms with Crippen LogP contribution in [0.1, 0.15) is 27.7 Å². The van der Waals surface area contributed by atoms with Gasteiger partial charge in [-0.15, -0.1) is 0 Å². The summed E-state index contributed by atoms with van der Waals surface area (Å²) in [7, 11) is 0. The minimum absolute atomic E-state index is 0.642. The molecule has 2 nitrogen and oxygen atoms in total. The van der Waals surface area contributed by atoms with Gasteiger partial charge in [0.15, 0.2) is 0 Å². The topological polar surface area (TPSA) is 12.5 Å². The highest BCUT2D eigenvalue weighted by molar-refractivity contribution is 5.20. The van der Waals surface area contributed by atoms with Crippen molar-refractivity contribution in [2.24, 2.45) is 17.8 Å². The van der Waals surface area contributed by atoms with Crippen molar-refractivity contribution in [3.63, 3.8) is 0 Å². The molecule has 1 aromatic carbocycles. The lowest BCUT2D eigenvalue weighted by molar-refractivity contribution is 0.198. The molecule has 1 aliphatic heterocycles. The van der Waals surface area contributed by atoms with Crippen LogP contribution in [-0.2, 0) is 0 Å². The molecule has 0 amide bonds. The Morgan fingerprint density at radius 3 is 2.37 bits per heavy atom. The molecule has 1 aromatic rings. The van der Waals surface area contributed by atoms with Crippen molar-refractivity contribution >= 4 is 0 Å². The van der Waals surface area contributed by atoms with Crippen LogP contribution in [0.5, 0.6) is 5.75 Å². The summed E-state index contributed by atoms with van der Waals surface area (Å²) in [5, 5.41) is 0. The molecule has 106 valence electrons. The largest absolute Gasteiger partial charge is 0.493 e. The molecule has 0 saturated carbocycles. The highest BCUT2D eigenvalue weighted by Gasteiger charge is 2.35. The van der Waals surface area contributed by atoms with Gasteiger partial charge < -0.3 is 9.64 Å². The summed E-state index contributed by atoms with van der Waals surface area (Å²) in [6, 6.07) is 10.8. The van der Waals surface area contributed by atoms with Crippen molar-refractivity contribution in [2.75, 3.05) is 19.7 Å². The zero-order valence-corrected chi connectivity index (χ0v) is 12.7. The lowest BCUT2D eigenvalue weighted by Gasteiger charge is -2.22. The lowest BCUT2D eigenvalue weighted by Crippen LogP contribution is -2.29. The van der Waals surface area contributed by atoms with Crippen LogP contribution in [0.2, 0.25) is 0 Å². The highest BCUT2D eigenvalue weighted by Crippen LogP contribution is 2.31. The van der Waals surface area contributed by atoms with Crippen molar-refractivity contribution in [1.29, 1.82) is 0 Å². The molecule has 1 saturated heterocycles. The normalized spacial score (nSPS) is 24.3. The second-order valence-corrected chi connectivity index (χ2v) is 6.34. The van der Waals surface area contributed by atoms with E-state index in [2.05, 4.69) is 32.6 Å². The molecule has 0 spiro atoms. The molecule has 1 aliphatic rings. The monoisotopic (exact) mass is 261 g/mol. The van der Waals surface area contributed by atoms with Crippen molar-refractivity contribution in [3.05, 3.63) is 30.3 Å². The Kier molecular flexibility index (Phi) is 4.87. The Morgan fingerprint density at radius 1 is 1.11 bits per heavy atom. The van der Waals surface area contributed by atoms with Crippen LogP contribution in [0.15, 0.2) is 30.3 Å². The predicted octanol–water partition coefficient (Wildman–Crippen LogP) is 3.68. The number of ether oxygens (including phenoxy) is 1. The minimum atomic E-state index is 0.642. The number of para-hydroxylation sites is 1. The minimum Gasteiger partial charge on any atom is -0.493 e. The van der Waals surface area contributed by atoms with E-state index in [9.17, 15) is 0 Å². The third-order valence-corrected chi connectivity index (χ3v) is 4.31. The second-order valence-electron chi connectivity index (χ2n) is 6.34. The number of benzene rings is 1. The first-order valence-corrected chi connectivity index (χ1v) is 7.49. The Balaban J connectivity index is 1.94. The van der Waals surface area contributed by atoms with E-state index in [0.29, 0.717) is 12.0 Å². The smallest absolute Gasteiger partial charge is 0.119 e. The third kappa shape index (κ3) is 3.73. The fourth-order valence-corrected chi connectivity index (χ4v) is 3.00. The van der Waals surface area contributed by atoms with Gasteiger partial charge in [0.2, 0.25) is 0 Å². The summed E-state index contributed by atoms with van der Waals surface area (Å²) in [6.07, 6.45) is 0. The lowest BCUT2D eigenvalue weighted by atomic mass is 9.87. The van der Waals surface area contributed by atoms with E-state index in [1.54, 1.807) is 0 Å². The average Bonchev–Trinajstić information content (AvgIpc) is 2.82. The van der Waals surface area contributed by atoms with Crippen LogP contribution >= 0.6 is 0 Å². The first-order valence-electron chi connectivity index (χ1n) is 7.49. The van der Waals surface area contributed by atoms with E-state index in [1.165, 1.54) is 13.1 Å². The van der Waals surface area contributed by atoms with Gasteiger partial charge in [0.1, 0.15) is 5.75 Å². The van der Waals surface area contributed by atoms with Crippen molar-refractivity contribution in [2.45, 2.75) is 33.7 Å². The van der Waals surface area contributed by atoms with E-state index >= 15 is 0 Å². The molecule has 2 heteroatoms. The van der Waals surface area contributed by atoms with Gasteiger partial charge in [0, 0.05) is 25.0 Å². The zero-order valence-electron chi connectivity index (χ0n) is 12.7. The summed E-state index contributed by atoms with van der Waals surface area (Å²) in [6.45, 7) is 12.5. The van der Waals surface area contributed by atoms with Gasteiger partial charge in [0.05, 0.1) is 6.61 Å². The Bertz CT molecular complexity index is 374. The summed E-state index contributed by atoms with van der Waals surface area (Å²) < 4.78 is 5.97. The Morgan fingerprint density at radius 2 is 1.79 bits per heavy atom. The van der Waals surface area contributed by atoms with Crippen LogP contribution in [0.4, 0.5) is 0 Å². The maximum Gasteiger partial charge on any atom is 0.119 e. The summed E-state index contributed by atoms with van der Waals surface area (Å²) in [5.41, 5.74) is 0. The third-order valence-electron chi connectivity index (χ3n) is 4.31. The first-order chi connectivity index (χ1) is 9.08. The SMILES string of the molecule is CC(C)C1CN(C(C)C)CC1COc1ccccc1. The summed E-state index contributed by atoms with van der Waals surface area (Å²) >= 11 is 0. The highest BCUT2D eigenvalue weighted by atomic mass is 16.5. The molecule has 0 radical (unpaired) electrons. The van der Waals surface area contributed by atoms with Crippen molar-refractivity contribution in [3.8, 4) is 5.75 Å². The number of hydrogen-bond acceptors (Lipinski definition) is 2. The molecular weight excluding hydrogens is 234 g/mol. The van der Waals surface area contributed by atoms with E-state index in [0.717, 1.165) is 24.2 Å². The quantitative estimate of drug-likeness (QED) is 0.801. The standard InChI is InChI=1S/C17H27NO/c1-13(2)17-11-18(14(3)4)10-15(17)12-19-16-8-6-5-7-9-16/h5-9,13-15,17H,10-12H2,1-4H3. The molecular formula is C17H27NO. The molecule has 1 heterocycles. The molecule has 0 aliphatic carbocycles. The number of hydrogen-bond donors (Lipinski definition) is 0. The van der Waals surface area contributed by atoms with E-state index in [-0.39, 0.29) is 0 Å². The van der Waals surface area contributed by atoms with Crippen molar-refractivity contribution in [1.82, 2.24) is 4.90 Å². The molecule has 2 rings (SSSR count). The Labute approximate surface area is 117 Å². The molecule has 1 fully saturated rings. The summed E-state index contributed by atoms with van der Waals surface area (Å²) in [5.74, 6) is 3.13.